The molecule has 0 aliphatic rings. The van der Waals surface area contributed by atoms with Crippen LogP contribution in [0.3, 0.4) is 0 Å². The molecule has 0 aliphatic heterocycles. The van der Waals surface area contributed by atoms with E-state index in [0.29, 0.717) is 10.0 Å². The van der Waals surface area contributed by atoms with E-state index in [1.165, 1.54) is 26.4 Å². The summed E-state index contributed by atoms with van der Waals surface area (Å²) < 4.78 is 15.3. The van der Waals surface area contributed by atoms with Gasteiger partial charge < -0.3 is 13.6 Å². The number of benzene rings is 1. The molecule has 0 bridgehead atoms. The summed E-state index contributed by atoms with van der Waals surface area (Å²) in [6, 6.07) is 2.93. The quantitative estimate of drug-likeness (QED) is 0.531. The average molecular weight is 439 g/mol. The van der Waals surface area contributed by atoms with E-state index in [9.17, 15) is 0 Å². The molecule has 0 fully saturated rings. The van der Waals surface area contributed by atoms with Crippen molar-refractivity contribution in [2.75, 3.05) is 14.2 Å². The summed E-state index contributed by atoms with van der Waals surface area (Å²) in [4.78, 5) is 0. The van der Waals surface area contributed by atoms with Gasteiger partial charge in [0.15, 0.2) is 0 Å². The zero-order chi connectivity index (χ0) is 12.3. The van der Waals surface area contributed by atoms with Crippen LogP contribution in [0.25, 0.3) is 0 Å². The molecule has 96 valence electrons. The van der Waals surface area contributed by atoms with Gasteiger partial charge in [0.2, 0.25) is 0 Å². The van der Waals surface area contributed by atoms with E-state index in [2.05, 4.69) is 0 Å². The summed E-state index contributed by atoms with van der Waals surface area (Å²) in [6.07, 6.45) is 0. The third-order valence-electron chi connectivity index (χ3n) is 1.63. The van der Waals surface area contributed by atoms with Gasteiger partial charge in [0.05, 0.1) is 15.1 Å². The Hall–Kier alpha value is 1.33. The van der Waals surface area contributed by atoms with Crippen LogP contribution in [0.15, 0.2) is 12.1 Å². The number of halogens is 3. The third kappa shape index (κ3) is 5.07. The van der Waals surface area contributed by atoms with Gasteiger partial charge in [-0.05, 0) is 6.07 Å². The van der Waals surface area contributed by atoms with E-state index in [1.54, 1.807) is 0 Å². The van der Waals surface area contributed by atoms with Gasteiger partial charge in [0, 0.05) is 32.1 Å². The molecule has 0 aliphatic carbocycles. The minimum absolute atomic E-state index is 0. The molecule has 3 nitrogen and oxygen atoms in total. The van der Waals surface area contributed by atoms with Crippen LogP contribution < -0.4 is 4.52 Å². The van der Waals surface area contributed by atoms with E-state index in [0.717, 1.165) is 0 Å². The van der Waals surface area contributed by atoms with Gasteiger partial charge >= 0.3 is 32.6 Å². The van der Waals surface area contributed by atoms with Crippen molar-refractivity contribution in [2.45, 2.75) is 0 Å². The zero-order valence-corrected chi connectivity index (χ0v) is 12.3. The Labute approximate surface area is 139 Å². The Bertz CT molecular complexity index is 438. The molecule has 0 spiro atoms. The van der Waals surface area contributed by atoms with Crippen molar-refractivity contribution in [3.05, 3.63) is 27.2 Å². The van der Waals surface area contributed by atoms with Gasteiger partial charge in [-0.25, -0.2) is 0 Å². The number of rotatable bonds is 4. The van der Waals surface area contributed by atoms with Crippen molar-refractivity contribution in [2.24, 2.45) is 0 Å². The molecular weight excluding hydrogens is 428 g/mol. The molecule has 9 heteroatoms. The third-order valence-corrected chi connectivity index (χ3v) is 5.08. The first-order valence-corrected chi connectivity index (χ1v) is 7.66. The van der Waals surface area contributed by atoms with Gasteiger partial charge in [-0.15, -0.1) is 0 Å². The molecule has 0 N–H and O–H groups in total. The molecule has 0 unspecified atom stereocenters. The fourth-order valence-corrected chi connectivity index (χ4v) is 2.40. The average Bonchev–Trinajstić information content (AvgIpc) is 2.25. The van der Waals surface area contributed by atoms with Crippen LogP contribution in [0, 0.1) is 0 Å². The number of hydrogen-bond acceptors (Lipinski definition) is 4. The monoisotopic (exact) mass is 438 g/mol. The molecule has 0 saturated carbocycles. The van der Waals surface area contributed by atoms with E-state index in [-0.39, 0.29) is 36.6 Å². The van der Waals surface area contributed by atoms with Crippen LogP contribution in [-0.2, 0) is 20.9 Å². The summed E-state index contributed by atoms with van der Waals surface area (Å²) in [7, 11) is 2.80. The summed E-state index contributed by atoms with van der Waals surface area (Å²) >= 11 is 22.5. The van der Waals surface area contributed by atoms with Crippen molar-refractivity contribution < 1.29 is 13.6 Å². The van der Waals surface area contributed by atoms with Crippen LogP contribution in [0.5, 0.6) is 5.75 Å². The molecule has 1 aromatic carbocycles. The maximum atomic E-state index is 5.91. The molecule has 0 aromatic heterocycles. The molecule has 17 heavy (non-hydrogen) atoms. The predicted octanol–water partition coefficient (Wildman–Crippen LogP) is 3.36. The second-order valence-electron chi connectivity index (χ2n) is 2.60. The van der Waals surface area contributed by atoms with Gasteiger partial charge in [-0.1, -0.05) is 34.8 Å². The molecule has 1 aromatic rings. The van der Waals surface area contributed by atoms with Gasteiger partial charge in [0.1, 0.15) is 5.75 Å². The Kier molecular flexibility index (Phi) is 8.42. The first kappa shape index (κ1) is 18.3. The van der Waals surface area contributed by atoms with E-state index >= 15 is 0 Å². The molecule has 0 atom stereocenters. The zero-order valence-electron chi connectivity index (χ0n) is 8.37. The molecule has 0 amide bonds. The number of hydrogen-bond donors (Lipinski definition) is 0. The van der Waals surface area contributed by atoms with E-state index < -0.39 is 6.72 Å². The second kappa shape index (κ2) is 7.81. The van der Waals surface area contributed by atoms with Crippen LogP contribution in [-0.4, -0.2) is 40.1 Å². The molecule has 0 heterocycles. The van der Waals surface area contributed by atoms with Crippen LogP contribution in [0.1, 0.15) is 0 Å². The normalized spacial score (nSPS) is 10.9. The van der Waals surface area contributed by atoms with Gasteiger partial charge in [-0.2, -0.15) is 0 Å². The molecule has 0 radical (unpaired) electrons. The van der Waals surface area contributed by atoms with E-state index in [1.807, 2.05) is 0 Å². The molecule has 0 saturated heterocycles. The summed E-state index contributed by atoms with van der Waals surface area (Å²) in [5, 5.41) is 0.940. The van der Waals surface area contributed by atoms with Crippen molar-refractivity contribution in [1.29, 1.82) is 0 Å². The van der Waals surface area contributed by atoms with Gasteiger partial charge in [-0.3, -0.25) is 0 Å². The van der Waals surface area contributed by atoms with Crippen LogP contribution in [0.2, 0.25) is 15.1 Å². The molecule has 1 rings (SSSR count). The first-order valence-electron chi connectivity index (χ1n) is 3.97. The van der Waals surface area contributed by atoms with Gasteiger partial charge in [0.25, 0.3) is 0 Å². The Morgan fingerprint density at radius 2 is 1.47 bits per heavy atom. The summed E-state index contributed by atoms with van der Waals surface area (Å²) in [5.74, 6) is 0.281. The predicted molar refractivity (Wildman–Crippen MR) is 80.3 cm³/mol. The Morgan fingerprint density at radius 3 is 1.94 bits per heavy atom. The van der Waals surface area contributed by atoms with Crippen LogP contribution >= 0.6 is 41.5 Å². The maximum absolute atomic E-state index is 5.91. The SMILES string of the molecule is COP(=S)(OC)Oc1cc(Cl)c(Cl)cc1Cl.[InH3]. The molecular formula is C8H11Cl3InO3PS. The van der Waals surface area contributed by atoms with Crippen LogP contribution in [0.4, 0.5) is 0 Å². The summed E-state index contributed by atoms with van der Waals surface area (Å²) in [6.45, 7) is -2.82. The van der Waals surface area contributed by atoms with Crippen molar-refractivity contribution in [3.63, 3.8) is 0 Å². The minimum atomic E-state index is -2.82. The van der Waals surface area contributed by atoms with Crippen molar-refractivity contribution in [1.82, 2.24) is 0 Å². The van der Waals surface area contributed by atoms with Crippen molar-refractivity contribution in [3.8, 4) is 5.75 Å². The second-order valence-corrected chi connectivity index (χ2v) is 6.97. The summed E-state index contributed by atoms with van der Waals surface area (Å²) in [5.41, 5.74) is 0. The standard InChI is InChI=1S/C8H8Cl3O3PS.In.3H/c1-12-15(16,13-2)14-8-4-6(10)5(9)3-7(8)11;;;;/h3-4H,1-2H3;;;;. The fourth-order valence-electron chi connectivity index (χ4n) is 0.844. The van der Waals surface area contributed by atoms with Crippen molar-refractivity contribution >= 4 is 79.2 Å². The Balaban J connectivity index is 0.00000256. The Morgan fingerprint density at radius 1 is 1.00 bits per heavy atom. The first-order chi connectivity index (χ1) is 7.41. The topological polar surface area (TPSA) is 27.7 Å². The fraction of sp³-hybridized carbons (Fsp3) is 0.250. The van der Waals surface area contributed by atoms with E-state index in [4.69, 9.17) is 60.2 Å².